The summed E-state index contributed by atoms with van der Waals surface area (Å²) in [4.78, 5) is 47.2. The van der Waals surface area contributed by atoms with Gasteiger partial charge in [0.2, 0.25) is 0 Å². The quantitative estimate of drug-likeness (QED) is 0.130. The Labute approximate surface area is 166 Å². The summed E-state index contributed by atoms with van der Waals surface area (Å²) in [6.07, 6.45) is 0. The molecule has 0 fully saturated rings. The molecule has 6 heteroatoms. The second-order valence-electron chi connectivity index (χ2n) is 7.51. The van der Waals surface area contributed by atoms with Crippen LogP contribution < -0.4 is 0 Å². The molecule has 0 bridgehead atoms. The fraction of sp³-hybridized carbons (Fsp3) is 0. The van der Waals surface area contributed by atoms with Gasteiger partial charge in [0.05, 0.1) is 11.1 Å². The molecule has 2 heterocycles. The van der Waals surface area contributed by atoms with Crippen molar-refractivity contribution in [1.29, 1.82) is 0 Å². The molecule has 0 spiro atoms. The topological polar surface area (TPSA) is 91.1 Å². The number of ether oxygens (including phenoxy) is 2. The van der Waals surface area contributed by atoms with E-state index >= 15 is 0 Å². The minimum atomic E-state index is -0.658. The Hall–Kier alpha value is -4.32. The van der Waals surface area contributed by atoms with E-state index in [9.17, 15) is 19.2 Å². The lowest BCUT2D eigenvalue weighted by Gasteiger charge is -2.21. The Kier molecular flexibility index (Phi) is 2.50. The molecule has 30 heavy (non-hydrogen) atoms. The standard InChI is InChI=1S/C24H8O6/c25-21-13-5-1-9-10-2-6-15-20-16(24(28)30-23(15)27)8-4-12(18(10)20)11-3-7-14(22(26)29-21)19(13)17(9)11/h1-8H/p+1. The van der Waals surface area contributed by atoms with E-state index in [-0.39, 0.29) is 0 Å². The Bertz CT molecular complexity index is 1470. The number of cyclic esters (lactones) is 4. The Morgan fingerprint density at radius 3 is 1.30 bits per heavy atom. The van der Waals surface area contributed by atoms with E-state index in [0.717, 1.165) is 32.3 Å². The zero-order valence-electron chi connectivity index (χ0n) is 15.1. The molecule has 0 saturated heterocycles. The van der Waals surface area contributed by atoms with Crippen molar-refractivity contribution in [2.24, 2.45) is 0 Å². The summed E-state index contributed by atoms with van der Waals surface area (Å²) < 4.78 is 9.86. The van der Waals surface area contributed by atoms with Gasteiger partial charge in [-0.2, -0.15) is 0 Å². The molecule has 0 amide bonds. The summed E-state index contributed by atoms with van der Waals surface area (Å²) in [5, 5.41) is 6.26. The van der Waals surface area contributed by atoms with Gasteiger partial charge in [0.25, 0.3) is 0 Å². The number of esters is 4. The molecule has 0 radical (unpaired) electrons. The zero-order valence-corrected chi connectivity index (χ0v) is 15.1. The van der Waals surface area contributed by atoms with Crippen molar-refractivity contribution in [2.45, 2.75) is 0 Å². The smallest absolute Gasteiger partial charge is 0.386 e. The fourth-order valence-electron chi connectivity index (χ4n) is 4.97. The van der Waals surface area contributed by atoms with Crippen molar-refractivity contribution in [1.82, 2.24) is 0 Å². The lowest BCUT2D eigenvalue weighted by molar-refractivity contribution is 0.0390. The average Bonchev–Trinajstić information content (AvgIpc) is 2.74. The molecule has 0 saturated carbocycles. The number of hydrogen-bond acceptors (Lipinski definition) is 5. The molecule has 2 aliphatic rings. The molecule has 5 aromatic carbocycles. The van der Waals surface area contributed by atoms with Gasteiger partial charge < -0.3 is 9.53 Å². The van der Waals surface area contributed by atoms with Crippen LogP contribution in [0.4, 0.5) is 0 Å². The van der Waals surface area contributed by atoms with E-state index in [0.29, 0.717) is 33.0 Å². The van der Waals surface area contributed by atoms with E-state index < -0.39 is 23.9 Å². The van der Waals surface area contributed by atoms with Gasteiger partial charge in [-0.15, -0.1) is 0 Å². The summed E-state index contributed by atoms with van der Waals surface area (Å²) >= 11 is 0. The molecule has 5 aromatic rings. The number of hydrogen-bond donors (Lipinski definition) is 0. The number of benzene rings is 5. The van der Waals surface area contributed by atoms with Gasteiger partial charge >= 0.3 is 23.9 Å². The highest BCUT2D eigenvalue weighted by atomic mass is 16.6. The van der Waals surface area contributed by atoms with Crippen LogP contribution in [0.25, 0.3) is 43.1 Å². The highest BCUT2D eigenvalue weighted by Gasteiger charge is 2.37. The largest absolute Gasteiger partial charge is 0.527 e. The van der Waals surface area contributed by atoms with Crippen molar-refractivity contribution in [3.05, 3.63) is 70.8 Å². The summed E-state index contributed by atoms with van der Waals surface area (Å²) in [6, 6.07) is 14.1. The molecule has 140 valence electrons. The maximum absolute atomic E-state index is 12.4. The predicted octanol–water partition coefficient (Wildman–Crippen LogP) is 4.07. The normalized spacial score (nSPS) is 15.5. The van der Waals surface area contributed by atoms with Gasteiger partial charge in [-0.05, 0) is 56.6 Å². The molecule has 6 nitrogen and oxygen atoms in total. The summed E-state index contributed by atoms with van der Waals surface area (Å²) in [7, 11) is 0. The highest BCUT2D eigenvalue weighted by molar-refractivity contribution is 6.39. The van der Waals surface area contributed by atoms with Crippen molar-refractivity contribution in [3.63, 3.8) is 0 Å². The van der Waals surface area contributed by atoms with E-state index in [1.807, 2.05) is 24.3 Å². The first-order valence-corrected chi connectivity index (χ1v) is 9.30. The molecule has 0 unspecified atom stereocenters. The van der Waals surface area contributed by atoms with Crippen molar-refractivity contribution >= 4 is 67.0 Å². The van der Waals surface area contributed by atoms with Crippen LogP contribution >= 0.6 is 0 Å². The summed E-state index contributed by atoms with van der Waals surface area (Å²) in [5.74, 6) is -2.34. The van der Waals surface area contributed by atoms with Gasteiger partial charge in [0.15, 0.2) is 0 Å². The zero-order chi connectivity index (χ0) is 20.3. The van der Waals surface area contributed by atoms with Crippen LogP contribution in [0.2, 0.25) is 0 Å². The van der Waals surface area contributed by atoms with Crippen molar-refractivity contribution < 1.29 is 28.7 Å². The van der Waals surface area contributed by atoms with Crippen LogP contribution in [-0.4, -0.2) is 28.7 Å². The maximum Gasteiger partial charge on any atom is 0.527 e. The first-order chi connectivity index (χ1) is 14.5. The van der Waals surface area contributed by atoms with Crippen LogP contribution in [0, 0.1) is 0 Å². The SMILES string of the molecule is O=C1OC(=O)c2ccc3c4ccc5c6c(ccc(c7ccc1c2c73)c64)C(=O)OC5=[OH+]. The molecule has 7 rings (SSSR count). The van der Waals surface area contributed by atoms with Crippen LogP contribution in [0.15, 0.2) is 48.5 Å². The Morgan fingerprint density at radius 2 is 0.833 bits per heavy atom. The average molecular weight is 393 g/mol. The van der Waals surface area contributed by atoms with E-state index in [2.05, 4.69) is 0 Å². The van der Waals surface area contributed by atoms with Crippen molar-refractivity contribution in [2.75, 3.05) is 0 Å². The third kappa shape index (κ3) is 1.58. The van der Waals surface area contributed by atoms with Gasteiger partial charge in [-0.25, -0.2) is 19.1 Å². The Morgan fingerprint density at radius 1 is 0.467 bits per heavy atom. The minimum Gasteiger partial charge on any atom is -0.386 e. The maximum atomic E-state index is 12.4. The highest BCUT2D eigenvalue weighted by Crippen LogP contribution is 2.45. The molecular formula is C24H9O6+. The number of carbonyl (C=O) groups is 3. The molecule has 0 atom stereocenters. The monoisotopic (exact) mass is 393 g/mol. The Balaban J connectivity index is 1.82. The number of fused-ring (bicyclic) bond motifs is 2. The second kappa shape index (κ2) is 4.80. The van der Waals surface area contributed by atoms with Crippen LogP contribution in [-0.2, 0) is 9.47 Å². The second-order valence-corrected chi connectivity index (χ2v) is 7.51. The number of carbonyl (C=O) groups excluding carboxylic acids is 4. The molecule has 0 aliphatic carbocycles. The van der Waals surface area contributed by atoms with Gasteiger partial charge in [-0.3, -0.25) is 0 Å². The lowest BCUT2D eigenvalue weighted by Crippen LogP contribution is -2.21. The summed E-state index contributed by atoms with van der Waals surface area (Å²) in [5.41, 5.74) is 1.55. The summed E-state index contributed by atoms with van der Waals surface area (Å²) in [6.45, 7) is 0. The predicted molar refractivity (Wildman–Crippen MR) is 109 cm³/mol. The van der Waals surface area contributed by atoms with Crippen LogP contribution in [0.5, 0.6) is 0 Å². The van der Waals surface area contributed by atoms with Crippen LogP contribution in [0.3, 0.4) is 0 Å². The van der Waals surface area contributed by atoms with Crippen molar-refractivity contribution in [3.8, 4) is 0 Å². The first kappa shape index (κ1) is 15.6. The fourth-order valence-corrected chi connectivity index (χ4v) is 4.97. The molecule has 1 N–H and O–H groups in total. The van der Waals surface area contributed by atoms with Gasteiger partial charge in [-0.1, -0.05) is 24.3 Å². The molecular weight excluding hydrogens is 384 g/mol. The molecule has 2 aliphatic heterocycles. The number of rotatable bonds is 0. The third-order valence-corrected chi connectivity index (χ3v) is 6.17. The van der Waals surface area contributed by atoms with E-state index in [1.165, 1.54) is 0 Å². The van der Waals surface area contributed by atoms with E-state index in [1.54, 1.807) is 24.3 Å². The van der Waals surface area contributed by atoms with Gasteiger partial charge in [0, 0.05) is 10.8 Å². The van der Waals surface area contributed by atoms with E-state index in [4.69, 9.17) is 9.47 Å². The molecule has 0 aromatic heterocycles. The van der Waals surface area contributed by atoms with Crippen LogP contribution in [0.1, 0.15) is 36.6 Å². The third-order valence-electron chi connectivity index (χ3n) is 6.17. The minimum absolute atomic E-state index is 0.355. The lowest BCUT2D eigenvalue weighted by atomic mass is 9.83. The first-order valence-electron chi connectivity index (χ1n) is 9.30. The van der Waals surface area contributed by atoms with Gasteiger partial charge in [0.1, 0.15) is 11.1 Å².